The van der Waals surface area contributed by atoms with Gasteiger partial charge in [0, 0.05) is 18.8 Å². The van der Waals surface area contributed by atoms with Gasteiger partial charge in [0.1, 0.15) is 0 Å². The highest BCUT2D eigenvalue weighted by Gasteiger charge is 2.11. The topological polar surface area (TPSA) is 41.1 Å². The van der Waals surface area contributed by atoms with Crippen molar-refractivity contribution in [2.45, 2.75) is 40.5 Å². The molecule has 1 aromatic carbocycles. The molecular weight excluding hydrogens is 236 g/mol. The molecule has 0 bridgehead atoms. The van der Waals surface area contributed by atoms with Crippen molar-refractivity contribution in [2.24, 2.45) is 5.92 Å². The van der Waals surface area contributed by atoms with Gasteiger partial charge in [0.15, 0.2) is 0 Å². The van der Waals surface area contributed by atoms with Crippen LogP contribution in [-0.2, 0) is 0 Å². The molecule has 1 amide bonds. The fraction of sp³-hybridized carbons (Fsp3) is 0.562. The molecule has 0 aliphatic carbocycles. The highest BCUT2D eigenvalue weighted by Crippen LogP contribution is 2.17. The maximum atomic E-state index is 12.2. The van der Waals surface area contributed by atoms with Gasteiger partial charge in [-0.3, -0.25) is 4.79 Å². The lowest BCUT2D eigenvalue weighted by Crippen LogP contribution is -2.26. The van der Waals surface area contributed by atoms with Gasteiger partial charge < -0.3 is 10.6 Å². The first-order valence-electron chi connectivity index (χ1n) is 7.17. The summed E-state index contributed by atoms with van der Waals surface area (Å²) in [5.41, 5.74) is 2.78. The van der Waals surface area contributed by atoms with Crippen molar-refractivity contribution in [3.63, 3.8) is 0 Å². The Morgan fingerprint density at radius 2 is 2.00 bits per heavy atom. The molecule has 0 aliphatic heterocycles. The van der Waals surface area contributed by atoms with Crippen LogP contribution >= 0.6 is 0 Å². The molecular formula is C16H26N2O. The monoisotopic (exact) mass is 262 g/mol. The second kappa shape index (κ2) is 7.82. The van der Waals surface area contributed by atoms with Crippen LogP contribution in [0.4, 0.5) is 5.69 Å². The second-order valence-electron chi connectivity index (χ2n) is 5.41. The van der Waals surface area contributed by atoms with E-state index in [2.05, 4.69) is 31.4 Å². The fourth-order valence-corrected chi connectivity index (χ4v) is 1.83. The quantitative estimate of drug-likeness (QED) is 0.788. The van der Waals surface area contributed by atoms with E-state index in [1.165, 1.54) is 0 Å². The molecule has 19 heavy (non-hydrogen) atoms. The Bertz CT molecular complexity index is 413. The summed E-state index contributed by atoms with van der Waals surface area (Å²) in [7, 11) is 0. The summed E-state index contributed by atoms with van der Waals surface area (Å²) in [6.07, 6.45) is 2.05. The largest absolute Gasteiger partial charge is 0.384 e. The molecule has 0 unspecified atom stereocenters. The lowest BCUT2D eigenvalue weighted by molar-refractivity contribution is 0.0952. The number of benzene rings is 1. The van der Waals surface area contributed by atoms with E-state index in [0.717, 1.165) is 42.7 Å². The molecule has 0 aliphatic rings. The molecule has 0 aromatic heterocycles. The van der Waals surface area contributed by atoms with E-state index >= 15 is 0 Å². The van der Waals surface area contributed by atoms with Crippen LogP contribution < -0.4 is 10.6 Å². The molecule has 0 spiro atoms. The van der Waals surface area contributed by atoms with E-state index in [1.807, 2.05) is 25.1 Å². The number of hydrogen-bond donors (Lipinski definition) is 2. The van der Waals surface area contributed by atoms with E-state index in [9.17, 15) is 4.79 Å². The van der Waals surface area contributed by atoms with Crippen LogP contribution in [0.2, 0.25) is 0 Å². The van der Waals surface area contributed by atoms with E-state index < -0.39 is 0 Å². The van der Waals surface area contributed by atoms with Gasteiger partial charge in [-0.15, -0.1) is 0 Å². The van der Waals surface area contributed by atoms with Crippen LogP contribution in [0.15, 0.2) is 18.2 Å². The minimum atomic E-state index is 0.0166. The predicted octanol–water partition coefficient (Wildman–Crippen LogP) is 3.59. The highest BCUT2D eigenvalue weighted by atomic mass is 16.1. The lowest BCUT2D eigenvalue weighted by Gasteiger charge is -2.13. The fourth-order valence-electron chi connectivity index (χ4n) is 1.83. The van der Waals surface area contributed by atoms with Gasteiger partial charge in [0.2, 0.25) is 0 Å². The summed E-state index contributed by atoms with van der Waals surface area (Å²) in [6, 6.07) is 5.97. The Labute approximate surface area is 116 Å². The van der Waals surface area contributed by atoms with Crippen molar-refractivity contribution in [3.05, 3.63) is 29.3 Å². The Morgan fingerprint density at radius 3 is 2.63 bits per heavy atom. The van der Waals surface area contributed by atoms with Crippen molar-refractivity contribution >= 4 is 11.6 Å². The molecule has 0 saturated heterocycles. The molecule has 1 aromatic rings. The Hall–Kier alpha value is -1.51. The zero-order chi connectivity index (χ0) is 14.3. The third-order valence-electron chi connectivity index (χ3n) is 2.99. The first-order chi connectivity index (χ1) is 9.04. The smallest absolute Gasteiger partial charge is 0.253 e. The van der Waals surface area contributed by atoms with Gasteiger partial charge in [0.25, 0.3) is 5.91 Å². The van der Waals surface area contributed by atoms with Gasteiger partial charge in [0.05, 0.1) is 5.56 Å². The molecule has 0 heterocycles. The third kappa shape index (κ3) is 5.33. The summed E-state index contributed by atoms with van der Waals surface area (Å²) < 4.78 is 0. The van der Waals surface area contributed by atoms with Crippen molar-refractivity contribution in [1.82, 2.24) is 5.32 Å². The number of rotatable bonds is 7. The maximum Gasteiger partial charge on any atom is 0.253 e. The number of carbonyl (C=O) groups excluding carboxylic acids is 1. The number of carbonyl (C=O) groups is 1. The van der Waals surface area contributed by atoms with Gasteiger partial charge >= 0.3 is 0 Å². The average Bonchev–Trinajstić information content (AvgIpc) is 2.36. The summed E-state index contributed by atoms with van der Waals surface area (Å²) in [4.78, 5) is 12.2. The Morgan fingerprint density at radius 1 is 1.26 bits per heavy atom. The Kier molecular flexibility index (Phi) is 6.40. The predicted molar refractivity (Wildman–Crippen MR) is 81.7 cm³/mol. The summed E-state index contributed by atoms with van der Waals surface area (Å²) in [5.74, 6) is 0.624. The van der Waals surface area contributed by atoms with Crippen LogP contribution in [-0.4, -0.2) is 19.0 Å². The summed E-state index contributed by atoms with van der Waals surface area (Å²) >= 11 is 0. The third-order valence-corrected chi connectivity index (χ3v) is 2.99. The highest BCUT2D eigenvalue weighted by molar-refractivity contribution is 5.99. The molecule has 0 radical (unpaired) electrons. The first kappa shape index (κ1) is 15.5. The van der Waals surface area contributed by atoms with Gasteiger partial charge in [-0.05, 0) is 37.8 Å². The summed E-state index contributed by atoms with van der Waals surface area (Å²) in [6.45, 7) is 10.1. The van der Waals surface area contributed by atoms with Crippen molar-refractivity contribution < 1.29 is 4.79 Å². The normalized spacial score (nSPS) is 10.6. The van der Waals surface area contributed by atoms with Crippen LogP contribution in [0.5, 0.6) is 0 Å². The van der Waals surface area contributed by atoms with E-state index in [1.54, 1.807) is 0 Å². The van der Waals surface area contributed by atoms with Gasteiger partial charge in [-0.25, -0.2) is 0 Å². The lowest BCUT2D eigenvalue weighted by atomic mass is 10.1. The van der Waals surface area contributed by atoms with Crippen molar-refractivity contribution in [3.8, 4) is 0 Å². The zero-order valence-electron chi connectivity index (χ0n) is 12.5. The Balaban J connectivity index is 2.72. The molecule has 1 rings (SSSR count). The van der Waals surface area contributed by atoms with Gasteiger partial charge in [-0.1, -0.05) is 32.4 Å². The molecule has 3 heteroatoms. The number of hydrogen-bond acceptors (Lipinski definition) is 2. The molecule has 106 valence electrons. The molecule has 0 saturated carbocycles. The minimum Gasteiger partial charge on any atom is -0.384 e. The van der Waals surface area contributed by atoms with Crippen LogP contribution in [0.3, 0.4) is 0 Å². The number of anilines is 1. The number of nitrogens with one attached hydrogen (secondary N) is 2. The van der Waals surface area contributed by atoms with E-state index in [4.69, 9.17) is 0 Å². The van der Waals surface area contributed by atoms with E-state index in [0.29, 0.717) is 5.92 Å². The SMILES string of the molecule is CCCNc1ccc(C)cc1C(=O)NCCC(C)C. The van der Waals surface area contributed by atoms with Gasteiger partial charge in [-0.2, -0.15) is 0 Å². The molecule has 0 atom stereocenters. The van der Waals surface area contributed by atoms with Crippen LogP contribution in [0.1, 0.15) is 49.5 Å². The standard InChI is InChI=1S/C16H26N2O/c1-5-9-17-15-7-6-13(4)11-14(15)16(19)18-10-8-12(2)3/h6-7,11-12,17H,5,8-10H2,1-4H3,(H,18,19). The van der Waals surface area contributed by atoms with Crippen LogP contribution in [0, 0.1) is 12.8 Å². The van der Waals surface area contributed by atoms with Crippen molar-refractivity contribution in [2.75, 3.05) is 18.4 Å². The second-order valence-corrected chi connectivity index (χ2v) is 5.41. The zero-order valence-corrected chi connectivity index (χ0v) is 12.5. The first-order valence-corrected chi connectivity index (χ1v) is 7.17. The molecule has 2 N–H and O–H groups in total. The minimum absolute atomic E-state index is 0.0166. The van der Waals surface area contributed by atoms with Crippen molar-refractivity contribution in [1.29, 1.82) is 0 Å². The van der Waals surface area contributed by atoms with Crippen LogP contribution in [0.25, 0.3) is 0 Å². The maximum absolute atomic E-state index is 12.2. The average molecular weight is 262 g/mol. The van der Waals surface area contributed by atoms with E-state index in [-0.39, 0.29) is 5.91 Å². The summed E-state index contributed by atoms with van der Waals surface area (Å²) in [5, 5.41) is 6.30. The number of amides is 1. The molecule has 0 fully saturated rings. The number of aryl methyl sites for hydroxylation is 1. The molecule has 3 nitrogen and oxygen atoms in total.